The minimum absolute atomic E-state index is 0.132. The van der Waals surface area contributed by atoms with Gasteiger partial charge in [0.15, 0.2) is 12.4 Å². The third kappa shape index (κ3) is 46.6. The standard InChI is InChI=1S/C71H137NO10/c1-4-7-10-13-16-19-22-25-27-29-31-32-33-35-36-38-40-43-46-49-52-55-58-64(75)70(79)72-62(63(74)57-54-51-48-45-42-24-21-18-15-12-9-6-3)61-80-71-69(68(78)67(77)65(60-73)81-71)82-66(76)59-56-53-50-47-44-41-39-37-34-30-28-26-23-20-17-14-11-8-5-2/h54,57,62-65,67-69,71,73-75,77-78H,4-53,55-56,58-61H2,1-3H3,(H,72,79)/b57-54+. The van der Waals surface area contributed by atoms with Gasteiger partial charge in [-0.15, -0.1) is 0 Å². The summed E-state index contributed by atoms with van der Waals surface area (Å²) in [5, 5.41) is 57.2. The van der Waals surface area contributed by atoms with Gasteiger partial charge in [0, 0.05) is 6.42 Å². The smallest absolute Gasteiger partial charge is 0.306 e. The van der Waals surface area contributed by atoms with Gasteiger partial charge in [0.2, 0.25) is 5.91 Å². The highest BCUT2D eigenvalue weighted by Crippen LogP contribution is 2.27. The average Bonchev–Trinajstić information content (AvgIpc) is 3.44. The molecule has 0 radical (unpaired) electrons. The van der Waals surface area contributed by atoms with Crippen LogP contribution in [0.25, 0.3) is 0 Å². The minimum atomic E-state index is -1.61. The second-order valence-electron chi connectivity index (χ2n) is 25.3. The van der Waals surface area contributed by atoms with Crippen molar-refractivity contribution in [1.29, 1.82) is 0 Å². The van der Waals surface area contributed by atoms with Gasteiger partial charge in [0.05, 0.1) is 25.4 Å². The van der Waals surface area contributed by atoms with E-state index in [1.807, 2.05) is 6.08 Å². The molecular weight excluding hydrogens is 1030 g/mol. The molecule has 6 N–H and O–H groups in total. The van der Waals surface area contributed by atoms with E-state index in [0.717, 1.165) is 57.8 Å². The van der Waals surface area contributed by atoms with E-state index in [-0.39, 0.29) is 13.0 Å². The second kappa shape index (κ2) is 59.7. The van der Waals surface area contributed by atoms with Gasteiger partial charge >= 0.3 is 5.97 Å². The van der Waals surface area contributed by atoms with Gasteiger partial charge in [-0.3, -0.25) is 9.59 Å². The fourth-order valence-corrected chi connectivity index (χ4v) is 11.8. The highest BCUT2D eigenvalue weighted by Gasteiger charge is 2.47. The van der Waals surface area contributed by atoms with Crippen LogP contribution in [0.1, 0.15) is 367 Å². The Morgan fingerprint density at radius 2 is 0.793 bits per heavy atom. The molecule has 8 unspecified atom stereocenters. The number of unbranched alkanes of at least 4 members (excludes halogenated alkanes) is 49. The van der Waals surface area contributed by atoms with Crippen LogP contribution < -0.4 is 5.32 Å². The van der Waals surface area contributed by atoms with Crippen LogP contribution in [-0.4, -0.2) is 99.6 Å². The number of amides is 1. The molecule has 1 aliphatic rings. The van der Waals surface area contributed by atoms with E-state index in [9.17, 15) is 35.1 Å². The number of carbonyl (C=O) groups is 2. The van der Waals surface area contributed by atoms with E-state index in [4.69, 9.17) is 14.2 Å². The van der Waals surface area contributed by atoms with Crippen LogP contribution in [0, 0.1) is 0 Å². The van der Waals surface area contributed by atoms with Gasteiger partial charge in [-0.2, -0.15) is 0 Å². The molecule has 0 aliphatic carbocycles. The summed E-state index contributed by atoms with van der Waals surface area (Å²) in [6, 6.07) is -1.02. The van der Waals surface area contributed by atoms with Crippen molar-refractivity contribution < 1.29 is 49.3 Å². The second-order valence-corrected chi connectivity index (χ2v) is 25.3. The molecule has 1 saturated heterocycles. The number of aliphatic hydroxyl groups excluding tert-OH is 5. The third-order valence-electron chi connectivity index (χ3n) is 17.4. The normalized spacial score (nSPS) is 18.6. The predicted octanol–water partition coefficient (Wildman–Crippen LogP) is 18.2. The number of nitrogens with one attached hydrogen (secondary N) is 1. The third-order valence-corrected chi connectivity index (χ3v) is 17.4. The Balaban J connectivity index is 2.56. The molecule has 11 heteroatoms. The lowest BCUT2D eigenvalue weighted by Crippen LogP contribution is -2.61. The molecule has 1 amide bonds. The maximum atomic E-state index is 13.5. The van der Waals surface area contributed by atoms with E-state index in [1.54, 1.807) is 6.08 Å². The fraction of sp³-hybridized carbons (Fsp3) is 0.944. The van der Waals surface area contributed by atoms with Gasteiger partial charge in [-0.05, 0) is 25.7 Å². The van der Waals surface area contributed by atoms with Gasteiger partial charge in [-0.1, -0.05) is 348 Å². The number of ether oxygens (including phenoxy) is 3. The van der Waals surface area contributed by atoms with Crippen molar-refractivity contribution in [1.82, 2.24) is 5.32 Å². The summed E-state index contributed by atoms with van der Waals surface area (Å²) in [6.45, 7) is 5.86. The SMILES string of the molecule is CCCCCCCCCCCC/C=C/C(O)C(COC1OC(CO)C(O)C(O)C1OC(=O)CCCCCCCCCCCCCCCCCCCCC)NC(=O)C(O)CCCCCCCCCCCCCCCCCCCCCCCC. The Labute approximate surface area is 506 Å². The first-order chi connectivity index (χ1) is 40.2. The van der Waals surface area contributed by atoms with E-state index in [1.165, 1.54) is 263 Å². The number of hydrogen-bond donors (Lipinski definition) is 6. The van der Waals surface area contributed by atoms with Crippen molar-refractivity contribution in [2.24, 2.45) is 0 Å². The quantitative estimate of drug-likeness (QED) is 0.0195. The first-order valence-corrected chi connectivity index (χ1v) is 36.0. The molecule has 1 rings (SSSR count). The Morgan fingerprint density at radius 3 is 1.15 bits per heavy atom. The summed E-state index contributed by atoms with van der Waals surface area (Å²) in [5.74, 6) is -1.17. The number of rotatable bonds is 63. The first-order valence-electron chi connectivity index (χ1n) is 36.0. The fourth-order valence-electron chi connectivity index (χ4n) is 11.8. The van der Waals surface area contributed by atoms with Gasteiger partial charge < -0.3 is 45.1 Å². The molecule has 0 spiro atoms. The van der Waals surface area contributed by atoms with E-state index in [2.05, 4.69) is 26.1 Å². The van der Waals surface area contributed by atoms with Crippen molar-refractivity contribution >= 4 is 11.9 Å². The summed E-state index contributed by atoms with van der Waals surface area (Å²) in [7, 11) is 0. The molecule has 0 saturated carbocycles. The van der Waals surface area contributed by atoms with E-state index in [0.29, 0.717) is 19.3 Å². The van der Waals surface area contributed by atoms with Crippen LogP contribution >= 0.6 is 0 Å². The van der Waals surface area contributed by atoms with E-state index < -0.39 is 67.4 Å². The summed E-state index contributed by atoms with van der Waals surface area (Å²) < 4.78 is 17.7. The topological polar surface area (TPSA) is 175 Å². The Kier molecular flexibility index (Phi) is 57.1. The summed E-state index contributed by atoms with van der Waals surface area (Å²) in [5.41, 5.74) is 0. The highest BCUT2D eigenvalue weighted by molar-refractivity contribution is 5.80. The van der Waals surface area contributed by atoms with Crippen LogP contribution in [0.5, 0.6) is 0 Å². The highest BCUT2D eigenvalue weighted by atomic mass is 16.7. The number of hydrogen-bond acceptors (Lipinski definition) is 10. The Morgan fingerprint density at radius 1 is 0.463 bits per heavy atom. The lowest BCUT2D eigenvalue weighted by Gasteiger charge is -2.41. The molecule has 82 heavy (non-hydrogen) atoms. The minimum Gasteiger partial charge on any atom is -0.454 e. The van der Waals surface area contributed by atoms with E-state index >= 15 is 0 Å². The van der Waals surface area contributed by atoms with Crippen molar-refractivity contribution in [3.05, 3.63) is 12.2 Å². The van der Waals surface area contributed by atoms with Gasteiger partial charge in [0.1, 0.15) is 24.4 Å². The van der Waals surface area contributed by atoms with Crippen molar-refractivity contribution in [2.45, 2.75) is 416 Å². The number of esters is 1. The molecular formula is C71H137NO10. The lowest BCUT2D eigenvalue weighted by atomic mass is 9.99. The molecule has 486 valence electrons. The Hall–Kier alpha value is -1.60. The molecule has 11 nitrogen and oxygen atoms in total. The molecule has 1 aliphatic heterocycles. The maximum Gasteiger partial charge on any atom is 0.306 e. The van der Waals surface area contributed by atoms with Gasteiger partial charge in [0.25, 0.3) is 0 Å². The van der Waals surface area contributed by atoms with Crippen LogP contribution in [0.2, 0.25) is 0 Å². The molecule has 0 aromatic heterocycles. The summed E-state index contributed by atoms with van der Waals surface area (Å²) in [6.07, 6.45) is 59.7. The zero-order valence-corrected chi connectivity index (χ0v) is 54.1. The number of carbonyl (C=O) groups excluding carboxylic acids is 2. The zero-order chi connectivity index (χ0) is 59.6. The first kappa shape index (κ1) is 78.4. The van der Waals surface area contributed by atoms with Crippen LogP contribution in [0.4, 0.5) is 0 Å². The zero-order valence-electron chi connectivity index (χ0n) is 54.1. The lowest BCUT2D eigenvalue weighted by molar-refractivity contribution is -0.305. The van der Waals surface area contributed by atoms with Crippen LogP contribution in [-0.2, 0) is 23.8 Å². The average molecular weight is 1160 g/mol. The number of allylic oxidation sites excluding steroid dienone is 1. The molecule has 1 fully saturated rings. The van der Waals surface area contributed by atoms with Crippen molar-refractivity contribution in [3.63, 3.8) is 0 Å². The molecule has 0 bridgehead atoms. The molecule has 1 heterocycles. The van der Waals surface area contributed by atoms with Gasteiger partial charge in [-0.25, -0.2) is 0 Å². The molecule has 0 aromatic rings. The van der Waals surface area contributed by atoms with Crippen LogP contribution in [0.3, 0.4) is 0 Å². The largest absolute Gasteiger partial charge is 0.454 e. The van der Waals surface area contributed by atoms with Crippen LogP contribution in [0.15, 0.2) is 12.2 Å². The number of aliphatic hydroxyl groups is 5. The molecule has 8 atom stereocenters. The monoisotopic (exact) mass is 1160 g/mol. The molecule has 0 aromatic carbocycles. The predicted molar refractivity (Wildman–Crippen MR) is 343 cm³/mol. The van der Waals surface area contributed by atoms with Crippen molar-refractivity contribution in [2.75, 3.05) is 13.2 Å². The summed E-state index contributed by atoms with van der Waals surface area (Å²) in [4.78, 5) is 26.7. The Bertz CT molecular complexity index is 1380. The summed E-state index contributed by atoms with van der Waals surface area (Å²) >= 11 is 0. The van der Waals surface area contributed by atoms with Crippen molar-refractivity contribution in [3.8, 4) is 0 Å². The maximum absolute atomic E-state index is 13.5.